The first-order valence-electron chi connectivity index (χ1n) is 23.3. The monoisotopic (exact) mass is 847 g/mol. The molecular weight excluding hydrogens is 783 g/mol. The molecule has 0 aromatic carbocycles. The number of aliphatic hydroxyl groups is 1. The fraction of sp³-hybridized carbons (Fsp3) is 0.560. The average molecular weight is 848 g/mol. The standard InChI is InChI=1S/C50H65N5O7/c56-43-20-18-41(42-19-21-46(58)52-48(42)43)44(57)30-51-24-9-25-55(31-34-10-3-1-4-11-34)49(59)39-16-7-12-35(28-39)33-61-40-17-8-15-38(29-40)47(37-13-5-2-6-14-37)53-50(60)62-45-32-54-26-22-36(45)23-27-54/h1-3,5-6,10,13,15-16,18,20,28-29,36-37,41-42,44-45,47-48,51,57H,4,7-9,11-12,14,17,19,21-27,30-33H2,(H,52,58)(H,53,60). The molecule has 2 bridgehead atoms. The number of aliphatic hydroxyl groups excluding tert-OH is 1. The number of nitrogens with zero attached hydrogens (tertiary/aromatic N) is 2. The van der Waals surface area contributed by atoms with E-state index in [0.717, 1.165) is 94.3 Å². The van der Waals surface area contributed by atoms with Gasteiger partial charge in [0.2, 0.25) is 5.91 Å². The molecule has 12 nitrogen and oxygen atoms in total. The van der Waals surface area contributed by atoms with Crippen LogP contribution in [0.2, 0.25) is 0 Å². The summed E-state index contributed by atoms with van der Waals surface area (Å²) in [6.07, 6.45) is 35.0. The molecule has 0 radical (unpaired) electrons. The molecule has 4 N–H and O–H groups in total. The van der Waals surface area contributed by atoms with E-state index in [9.17, 15) is 24.3 Å². The summed E-state index contributed by atoms with van der Waals surface area (Å²) in [5, 5.41) is 20.6. The molecule has 7 unspecified atom stereocenters. The number of rotatable bonds is 17. The number of hydrogen-bond acceptors (Lipinski definition) is 9. The van der Waals surface area contributed by atoms with Crippen LogP contribution in [0, 0.1) is 23.7 Å². The molecule has 12 heteroatoms. The van der Waals surface area contributed by atoms with Gasteiger partial charge < -0.3 is 35.4 Å². The first kappa shape index (κ1) is 43.9. The van der Waals surface area contributed by atoms with Crippen molar-refractivity contribution in [3.8, 4) is 0 Å². The number of carbonyl (C=O) groups is 4. The Kier molecular flexibility index (Phi) is 14.9. The van der Waals surface area contributed by atoms with Crippen molar-refractivity contribution in [2.75, 3.05) is 52.4 Å². The molecule has 0 spiro atoms. The lowest BCUT2D eigenvalue weighted by Crippen LogP contribution is -2.55. The molecule has 4 heterocycles. The van der Waals surface area contributed by atoms with E-state index < -0.39 is 12.1 Å². The van der Waals surface area contributed by atoms with Crippen molar-refractivity contribution in [1.29, 1.82) is 0 Å². The fourth-order valence-corrected chi connectivity index (χ4v) is 10.5. The molecule has 0 aromatic rings. The lowest BCUT2D eigenvalue weighted by Gasteiger charge is -2.44. The van der Waals surface area contributed by atoms with Crippen molar-refractivity contribution in [3.05, 3.63) is 107 Å². The minimum atomic E-state index is -0.697. The maximum atomic E-state index is 14.2. The highest BCUT2D eigenvalue weighted by Crippen LogP contribution is 2.34. The quantitative estimate of drug-likeness (QED) is 0.136. The smallest absolute Gasteiger partial charge is 0.407 e. The van der Waals surface area contributed by atoms with E-state index in [0.29, 0.717) is 63.5 Å². The summed E-state index contributed by atoms with van der Waals surface area (Å²) < 4.78 is 12.6. The summed E-state index contributed by atoms with van der Waals surface area (Å²) in [5.74, 6) is 0.898. The predicted octanol–water partition coefficient (Wildman–Crippen LogP) is 5.67. The zero-order valence-corrected chi connectivity index (χ0v) is 36.1. The first-order chi connectivity index (χ1) is 30.3. The predicted molar refractivity (Wildman–Crippen MR) is 238 cm³/mol. The Hall–Kier alpha value is -4.78. The molecule has 4 aliphatic heterocycles. The Labute approximate surface area is 366 Å². The van der Waals surface area contributed by atoms with Crippen molar-refractivity contribution >= 4 is 23.7 Å². The van der Waals surface area contributed by atoms with Crippen molar-refractivity contribution in [1.82, 2.24) is 25.8 Å². The lowest BCUT2D eigenvalue weighted by atomic mass is 9.72. The summed E-state index contributed by atoms with van der Waals surface area (Å²) in [7, 11) is 0. The van der Waals surface area contributed by atoms with E-state index in [1.165, 1.54) is 11.6 Å². The Morgan fingerprint density at radius 3 is 2.60 bits per heavy atom. The van der Waals surface area contributed by atoms with Gasteiger partial charge in [0.05, 0.1) is 23.9 Å². The van der Waals surface area contributed by atoms with E-state index in [1.54, 1.807) is 6.08 Å². The Morgan fingerprint density at radius 2 is 1.81 bits per heavy atom. The molecule has 332 valence electrons. The molecule has 0 aromatic heterocycles. The number of nitrogens with one attached hydrogen (secondary N) is 3. The van der Waals surface area contributed by atoms with Gasteiger partial charge in [-0.15, -0.1) is 0 Å². The van der Waals surface area contributed by atoms with Crippen molar-refractivity contribution in [3.63, 3.8) is 0 Å². The number of alkyl carbamates (subject to hydrolysis) is 1. The topological polar surface area (TPSA) is 150 Å². The second-order valence-electron chi connectivity index (χ2n) is 18.3. The number of amides is 3. The molecule has 4 saturated heterocycles. The van der Waals surface area contributed by atoms with Gasteiger partial charge in [-0.2, -0.15) is 0 Å². The highest BCUT2D eigenvalue weighted by Gasteiger charge is 2.42. The van der Waals surface area contributed by atoms with Crippen molar-refractivity contribution in [2.45, 2.75) is 101 Å². The number of hydrogen-bond donors (Lipinski definition) is 4. The van der Waals surface area contributed by atoms with Crippen LogP contribution in [0.1, 0.15) is 77.0 Å². The summed E-state index contributed by atoms with van der Waals surface area (Å²) in [6, 6.07) is -0.795. The van der Waals surface area contributed by atoms with Gasteiger partial charge in [-0.3, -0.25) is 19.3 Å². The molecule has 0 saturated carbocycles. The van der Waals surface area contributed by atoms with Gasteiger partial charge in [0.25, 0.3) is 5.91 Å². The number of ketones is 1. The minimum absolute atomic E-state index is 0.0100. The largest absolute Gasteiger partial charge is 0.494 e. The number of piperidine rings is 4. The van der Waals surface area contributed by atoms with Crippen LogP contribution in [0.3, 0.4) is 0 Å². The average Bonchev–Trinajstić information content (AvgIpc) is 3.31. The normalized spacial score (nSPS) is 29.8. The number of fused-ring (bicyclic) bond motifs is 4. The third-order valence-electron chi connectivity index (χ3n) is 14.0. The van der Waals surface area contributed by atoms with Crippen LogP contribution in [-0.2, 0) is 23.9 Å². The minimum Gasteiger partial charge on any atom is -0.494 e. The van der Waals surface area contributed by atoms with Crippen LogP contribution in [0.5, 0.6) is 0 Å². The van der Waals surface area contributed by atoms with Gasteiger partial charge in [0.1, 0.15) is 12.7 Å². The number of ether oxygens (including phenoxy) is 2. The van der Waals surface area contributed by atoms with Crippen LogP contribution in [0.15, 0.2) is 107 Å². The summed E-state index contributed by atoms with van der Waals surface area (Å²) in [4.78, 5) is 56.3. The molecule has 4 fully saturated rings. The maximum absolute atomic E-state index is 14.2. The van der Waals surface area contributed by atoms with Crippen LogP contribution in [0.25, 0.3) is 0 Å². The Balaban J connectivity index is 0.853. The van der Waals surface area contributed by atoms with E-state index in [4.69, 9.17) is 9.47 Å². The van der Waals surface area contributed by atoms with Crippen LogP contribution in [-0.4, -0.2) is 115 Å². The summed E-state index contributed by atoms with van der Waals surface area (Å²) in [5.41, 5.74) is 4.04. The zero-order chi connectivity index (χ0) is 42.8. The van der Waals surface area contributed by atoms with Crippen LogP contribution < -0.4 is 16.0 Å². The fourth-order valence-electron chi connectivity index (χ4n) is 10.5. The second kappa shape index (κ2) is 21.1. The maximum Gasteiger partial charge on any atom is 0.407 e. The van der Waals surface area contributed by atoms with Gasteiger partial charge >= 0.3 is 6.09 Å². The molecular formula is C50H65N5O7. The van der Waals surface area contributed by atoms with Gasteiger partial charge in [0.15, 0.2) is 5.78 Å². The zero-order valence-electron chi connectivity index (χ0n) is 36.1. The first-order valence-corrected chi connectivity index (χ1v) is 23.3. The van der Waals surface area contributed by atoms with Crippen molar-refractivity contribution in [2.24, 2.45) is 23.7 Å². The van der Waals surface area contributed by atoms with Gasteiger partial charge in [-0.1, -0.05) is 66.3 Å². The van der Waals surface area contributed by atoms with Gasteiger partial charge in [-0.25, -0.2) is 4.79 Å². The van der Waals surface area contributed by atoms with E-state index in [2.05, 4.69) is 75.5 Å². The van der Waals surface area contributed by atoms with Gasteiger partial charge in [0, 0.05) is 56.4 Å². The molecule has 3 amide bonds. The summed E-state index contributed by atoms with van der Waals surface area (Å²) >= 11 is 0. The second-order valence-corrected chi connectivity index (χ2v) is 18.3. The van der Waals surface area contributed by atoms with E-state index in [-0.39, 0.29) is 53.6 Å². The van der Waals surface area contributed by atoms with Crippen LogP contribution >= 0.6 is 0 Å². The highest BCUT2D eigenvalue weighted by molar-refractivity contribution is 5.99. The van der Waals surface area contributed by atoms with Crippen molar-refractivity contribution < 1.29 is 33.8 Å². The highest BCUT2D eigenvalue weighted by atomic mass is 16.6. The SMILES string of the molecule is O=C1CCC2C(N1)C(=O)C=CC2C(O)CNCCCN(CC1=CC=CCC1)C(=O)C1=CCCC(COC2=CC(C(NC(=O)OC3CN4CCC3CC4)C3C=CC=CC3)=CCC2)=C1. The van der Waals surface area contributed by atoms with Gasteiger partial charge in [-0.05, 0) is 125 Å². The molecule has 9 aliphatic rings. The molecule has 9 rings (SSSR count). The van der Waals surface area contributed by atoms with Crippen LogP contribution in [0.4, 0.5) is 4.79 Å². The Morgan fingerprint density at radius 1 is 0.952 bits per heavy atom. The third-order valence-corrected chi connectivity index (χ3v) is 14.0. The molecule has 7 atom stereocenters. The third kappa shape index (κ3) is 11.2. The molecule has 62 heavy (non-hydrogen) atoms. The van der Waals surface area contributed by atoms with E-state index in [1.807, 2.05) is 17.1 Å². The van der Waals surface area contributed by atoms with E-state index >= 15 is 0 Å². The lowest BCUT2D eigenvalue weighted by molar-refractivity contribution is -0.131. The number of carbonyl (C=O) groups excluding carboxylic acids is 4. The summed E-state index contributed by atoms with van der Waals surface area (Å²) in [6.45, 7) is 5.51. The Bertz CT molecular complexity index is 1960. The number of allylic oxidation sites excluding steroid dienone is 9. The molecule has 5 aliphatic carbocycles.